The van der Waals surface area contributed by atoms with Crippen molar-refractivity contribution in [1.82, 2.24) is 4.90 Å². The first kappa shape index (κ1) is 17.6. The van der Waals surface area contributed by atoms with E-state index in [0.29, 0.717) is 0 Å². The Morgan fingerprint density at radius 3 is 2.29 bits per heavy atom. The van der Waals surface area contributed by atoms with Gasteiger partial charge >= 0.3 is 6.03 Å². The van der Waals surface area contributed by atoms with E-state index in [2.05, 4.69) is 5.32 Å². The van der Waals surface area contributed by atoms with E-state index in [4.69, 9.17) is 11.6 Å². The van der Waals surface area contributed by atoms with Crippen LogP contribution in [-0.2, 0) is 9.84 Å². The first-order chi connectivity index (χ1) is 9.64. The average molecular weight is 341 g/mol. The predicted molar refractivity (Wildman–Crippen MR) is 77.3 cm³/mol. The minimum atomic E-state index is -3.24. The zero-order chi connectivity index (χ0) is 16.2. The van der Waals surface area contributed by atoms with Crippen LogP contribution in [0.1, 0.15) is 6.92 Å². The van der Waals surface area contributed by atoms with Crippen molar-refractivity contribution in [3.05, 3.63) is 28.8 Å². The molecule has 21 heavy (non-hydrogen) atoms. The number of nitrogens with one attached hydrogen (secondary N) is 1. The number of carbonyl (C=O) groups is 1. The van der Waals surface area contributed by atoms with E-state index in [0.717, 1.165) is 23.3 Å². The smallest absolute Gasteiger partial charge is 0.322 e. The monoisotopic (exact) mass is 340 g/mol. The van der Waals surface area contributed by atoms with Crippen molar-refractivity contribution in [2.24, 2.45) is 0 Å². The van der Waals surface area contributed by atoms with E-state index in [-0.39, 0.29) is 23.9 Å². The molecule has 0 aromatic heterocycles. The van der Waals surface area contributed by atoms with Gasteiger partial charge in [0.1, 0.15) is 15.5 Å². The van der Waals surface area contributed by atoms with E-state index < -0.39 is 33.2 Å². The lowest BCUT2D eigenvalue weighted by Crippen LogP contribution is -2.38. The Hall–Kier alpha value is -1.41. The number of hydrogen-bond donors (Lipinski definition) is 1. The molecule has 0 saturated heterocycles. The molecule has 0 saturated carbocycles. The van der Waals surface area contributed by atoms with Crippen molar-refractivity contribution >= 4 is 33.2 Å². The van der Waals surface area contributed by atoms with Crippen molar-refractivity contribution in [1.29, 1.82) is 0 Å². The van der Waals surface area contributed by atoms with E-state index >= 15 is 0 Å². The highest BCUT2D eigenvalue weighted by molar-refractivity contribution is 7.90. The maximum absolute atomic E-state index is 13.6. The van der Waals surface area contributed by atoms with Gasteiger partial charge in [0.25, 0.3) is 0 Å². The van der Waals surface area contributed by atoms with E-state index in [1.807, 2.05) is 0 Å². The van der Waals surface area contributed by atoms with Gasteiger partial charge in [-0.05, 0) is 19.1 Å². The van der Waals surface area contributed by atoms with Crippen LogP contribution < -0.4 is 5.32 Å². The summed E-state index contributed by atoms with van der Waals surface area (Å²) in [6.07, 6.45) is 1.04. The van der Waals surface area contributed by atoms with Crippen LogP contribution in [0.2, 0.25) is 5.02 Å². The second-order valence-corrected chi connectivity index (χ2v) is 7.08. The molecule has 0 aliphatic heterocycles. The molecule has 0 unspecified atom stereocenters. The molecule has 0 spiro atoms. The van der Waals surface area contributed by atoms with Crippen LogP contribution in [0.5, 0.6) is 0 Å². The number of benzene rings is 1. The summed E-state index contributed by atoms with van der Waals surface area (Å²) in [6.45, 7) is 1.74. The fourth-order valence-corrected chi connectivity index (χ4v) is 2.27. The normalized spacial score (nSPS) is 11.3. The van der Waals surface area contributed by atoms with Gasteiger partial charge in [-0.25, -0.2) is 22.0 Å². The van der Waals surface area contributed by atoms with Gasteiger partial charge in [-0.15, -0.1) is 0 Å². The number of rotatable bonds is 5. The Bertz CT molecular complexity index is 614. The molecule has 1 N–H and O–H groups in total. The number of anilines is 1. The first-order valence-corrected chi connectivity index (χ1v) is 8.46. The zero-order valence-electron chi connectivity index (χ0n) is 11.5. The summed E-state index contributed by atoms with van der Waals surface area (Å²) >= 11 is 5.48. The molecule has 0 fully saturated rings. The second kappa shape index (κ2) is 7.04. The van der Waals surface area contributed by atoms with Crippen molar-refractivity contribution in [2.75, 3.05) is 30.4 Å². The summed E-state index contributed by atoms with van der Waals surface area (Å²) in [4.78, 5) is 13.0. The highest BCUT2D eigenvalue weighted by Gasteiger charge is 2.18. The zero-order valence-corrected chi connectivity index (χ0v) is 13.1. The number of carbonyl (C=O) groups excluding carboxylic acids is 1. The molecule has 0 atom stereocenters. The summed E-state index contributed by atoms with van der Waals surface area (Å²) in [7, 11) is -3.24. The molecule has 2 amide bonds. The molecule has 0 aliphatic rings. The van der Waals surface area contributed by atoms with Gasteiger partial charge < -0.3 is 10.2 Å². The van der Waals surface area contributed by atoms with E-state index in [1.54, 1.807) is 6.92 Å². The molecule has 0 radical (unpaired) electrons. The van der Waals surface area contributed by atoms with Gasteiger partial charge in [0.05, 0.1) is 5.75 Å². The summed E-state index contributed by atoms with van der Waals surface area (Å²) in [6, 6.07) is 0.946. The molecular weight excluding hydrogens is 326 g/mol. The fourth-order valence-electron chi connectivity index (χ4n) is 1.53. The van der Waals surface area contributed by atoms with Gasteiger partial charge in [0, 0.05) is 24.4 Å². The maximum atomic E-state index is 13.6. The van der Waals surface area contributed by atoms with Crippen LogP contribution in [0.25, 0.3) is 0 Å². The summed E-state index contributed by atoms with van der Waals surface area (Å²) < 4.78 is 49.3. The van der Waals surface area contributed by atoms with Gasteiger partial charge in [0.15, 0.2) is 11.6 Å². The summed E-state index contributed by atoms with van der Waals surface area (Å²) in [5, 5.41) is 1.94. The van der Waals surface area contributed by atoms with Gasteiger partial charge in [-0.3, -0.25) is 0 Å². The Balaban J connectivity index is 2.84. The lowest BCUT2D eigenvalue weighted by molar-refractivity contribution is 0.217. The molecular formula is C12H15ClF2N2O3S. The largest absolute Gasteiger partial charge is 0.324 e. The van der Waals surface area contributed by atoms with Crippen LogP contribution in [0, 0.1) is 11.6 Å². The average Bonchev–Trinajstić information content (AvgIpc) is 2.33. The molecule has 1 aromatic carbocycles. The molecule has 1 aromatic rings. The minimum Gasteiger partial charge on any atom is -0.324 e. The Morgan fingerprint density at radius 1 is 1.33 bits per heavy atom. The molecule has 5 nitrogen and oxygen atoms in total. The minimum absolute atomic E-state index is 0.0714. The fraction of sp³-hybridized carbons (Fsp3) is 0.417. The quantitative estimate of drug-likeness (QED) is 0.895. The van der Waals surface area contributed by atoms with Gasteiger partial charge in [0.2, 0.25) is 0 Å². The molecule has 0 heterocycles. The standard InChI is InChI=1S/C12H15ClF2N2O3S/c1-3-17(4-5-21(2,19)20)12(18)16-11-9(14)6-8(13)7-10(11)15/h6-7H,3-5H2,1-2H3,(H,16,18). The third-order valence-corrected chi connectivity index (χ3v) is 3.78. The van der Waals surface area contributed by atoms with Crippen molar-refractivity contribution in [3.63, 3.8) is 0 Å². The highest BCUT2D eigenvalue weighted by Crippen LogP contribution is 2.23. The third kappa shape index (κ3) is 5.47. The first-order valence-electron chi connectivity index (χ1n) is 6.02. The Labute approximate surface area is 126 Å². The van der Waals surface area contributed by atoms with E-state index in [9.17, 15) is 22.0 Å². The van der Waals surface area contributed by atoms with Crippen molar-refractivity contribution in [2.45, 2.75) is 6.92 Å². The number of halogens is 3. The topological polar surface area (TPSA) is 66.5 Å². The Morgan fingerprint density at radius 2 is 1.86 bits per heavy atom. The van der Waals surface area contributed by atoms with E-state index in [1.165, 1.54) is 0 Å². The third-order valence-electron chi connectivity index (χ3n) is 2.64. The second-order valence-electron chi connectivity index (χ2n) is 4.38. The summed E-state index contributed by atoms with van der Waals surface area (Å²) in [5.41, 5.74) is -0.623. The number of nitrogens with zero attached hydrogens (tertiary/aromatic N) is 1. The van der Waals surface area contributed by atoms with Crippen LogP contribution in [0.4, 0.5) is 19.3 Å². The highest BCUT2D eigenvalue weighted by atomic mass is 35.5. The van der Waals surface area contributed by atoms with Gasteiger partial charge in [-0.1, -0.05) is 11.6 Å². The number of sulfone groups is 1. The molecule has 118 valence electrons. The van der Waals surface area contributed by atoms with Gasteiger partial charge in [-0.2, -0.15) is 0 Å². The Kier molecular flexibility index (Phi) is 5.91. The molecule has 0 aliphatic carbocycles. The SMILES string of the molecule is CCN(CCS(C)(=O)=O)C(=O)Nc1c(F)cc(Cl)cc1F. The van der Waals surface area contributed by atoms with Crippen LogP contribution >= 0.6 is 11.6 Å². The van der Waals surface area contributed by atoms with Crippen LogP contribution in [0.3, 0.4) is 0 Å². The van der Waals surface area contributed by atoms with Crippen LogP contribution in [-0.4, -0.2) is 44.4 Å². The summed E-state index contributed by atoms with van der Waals surface area (Å²) in [5.74, 6) is -2.25. The maximum Gasteiger partial charge on any atom is 0.322 e. The number of urea groups is 1. The molecule has 1 rings (SSSR count). The number of amides is 2. The molecule has 9 heteroatoms. The lowest BCUT2D eigenvalue weighted by Gasteiger charge is -2.21. The molecule has 0 bridgehead atoms. The lowest BCUT2D eigenvalue weighted by atomic mass is 10.3. The predicted octanol–water partition coefficient (Wildman–Crippen LogP) is 2.52. The van der Waals surface area contributed by atoms with Crippen molar-refractivity contribution < 1.29 is 22.0 Å². The van der Waals surface area contributed by atoms with Crippen molar-refractivity contribution in [3.8, 4) is 0 Å². The number of hydrogen-bond acceptors (Lipinski definition) is 3. The van der Waals surface area contributed by atoms with Crippen LogP contribution in [0.15, 0.2) is 12.1 Å².